The van der Waals surface area contributed by atoms with Gasteiger partial charge in [-0.15, -0.1) is 0 Å². The molecule has 0 bridgehead atoms. The number of hydrogen-bond acceptors (Lipinski definition) is 3. The summed E-state index contributed by atoms with van der Waals surface area (Å²) in [6.45, 7) is 7.88. The van der Waals surface area contributed by atoms with E-state index in [0.717, 1.165) is 34.0 Å². The largest absolute Gasteiger partial charge is 0.351 e. The van der Waals surface area contributed by atoms with Crippen molar-refractivity contribution in [3.8, 4) is 5.69 Å². The molecule has 1 aliphatic rings. The molecule has 1 fully saturated rings. The number of nitrogens with one attached hydrogen (secondary N) is 2. The molecule has 5 rings (SSSR count). The summed E-state index contributed by atoms with van der Waals surface area (Å²) in [5.74, 6) is -0.0920. The minimum absolute atomic E-state index is 0.00159. The SMILES string of the molecule is Cc1cccc(-n2cccc2[C@@H]2[C@H](c3ccccn3)NC(=S)N2c2ccc(NC(=O)C(C)C)c(C)c2)c1. The summed E-state index contributed by atoms with van der Waals surface area (Å²) in [4.78, 5) is 19.1. The highest BCUT2D eigenvalue weighted by molar-refractivity contribution is 7.80. The molecule has 1 aliphatic heterocycles. The van der Waals surface area contributed by atoms with Crippen LogP contribution in [0, 0.1) is 19.8 Å². The number of carbonyl (C=O) groups is 1. The van der Waals surface area contributed by atoms with Crippen LogP contribution < -0.4 is 15.5 Å². The number of amides is 1. The Morgan fingerprint density at radius 3 is 2.54 bits per heavy atom. The molecule has 37 heavy (non-hydrogen) atoms. The first kappa shape index (κ1) is 24.7. The number of aromatic nitrogens is 2. The van der Waals surface area contributed by atoms with Crippen LogP contribution in [0.5, 0.6) is 0 Å². The molecule has 2 aromatic heterocycles. The van der Waals surface area contributed by atoms with E-state index in [4.69, 9.17) is 12.2 Å². The Bertz CT molecular complexity index is 1450. The fourth-order valence-corrected chi connectivity index (χ4v) is 5.14. The third kappa shape index (κ3) is 4.87. The molecule has 0 aliphatic carbocycles. The molecule has 6 nitrogen and oxygen atoms in total. The van der Waals surface area contributed by atoms with Gasteiger partial charge in [-0.3, -0.25) is 9.78 Å². The minimum atomic E-state index is -0.146. The average molecular weight is 510 g/mol. The van der Waals surface area contributed by atoms with Gasteiger partial charge in [-0.25, -0.2) is 0 Å². The maximum absolute atomic E-state index is 12.3. The number of thiocarbonyl (C=S) groups is 1. The molecule has 2 aromatic carbocycles. The molecule has 1 saturated heterocycles. The summed E-state index contributed by atoms with van der Waals surface area (Å²) in [5, 5.41) is 7.20. The normalized spacial score (nSPS) is 17.2. The van der Waals surface area contributed by atoms with Gasteiger partial charge in [-0.2, -0.15) is 0 Å². The van der Waals surface area contributed by atoms with Crippen molar-refractivity contribution in [2.75, 3.05) is 10.2 Å². The summed E-state index contributed by atoms with van der Waals surface area (Å²) in [5.41, 5.74) is 7.06. The molecule has 0 saturated carbocycles. The zero-order chi connectivity index (χ0) is 26.1. The van der Waals surface area contributed by atoms with Gasteiger partial charge in [0, 0.05) is 41.1 Å². The number of aryl methyl sites for hydroxylation is 2. The second-order valence-electron chi connectivity index (χ2n) is 9.78. The highest BCUT2D eigenvalue weighted by atomic mass is 32.1. The number of rotatable bonds is 6. The molecule has 4 aromatic rings. The van der Waals surface area contributed by atoms with E-state index in [1.165, 1.54) is 5.56 Å². The maximum Gasteiger partial charge on any atom is 0.226 e. The molecule has 1 amide bonds. The van der Waals surface area contributed by atoms with Gasteiger partial charge in [-0.1, -0.05) is 32.0 Å². The molecule has 2 atom stereocenters. The number of nitrogens with zero attached hydrogens (tertiary/aromatic N) is 3. The van der Waals surface area contributed by atoms with Gasteiger partial charge in [0.05, 0.1) is 11.7 Å². The van der Waals surface area contributed by atoms with E-state index < -0.39 is 0 Å². The van der Waals surface area contributed by atoms with Crippen LogP contribution >= 0.6 is 12.2 Å². The summed E-state index contributed by atoms with van der Waals surface area (Å²) in [6, 6.07) is 24.4. The molecule has 0 radical (unpaired) electrons. The van der Waals surface area contributed by atoms with Crippen molar-refractivity contribution in [2.24, 2.45) is 5.92 Å². The van der Waals surface area contributed by atoms with Crippen LogP contribution in [0.15, 0.2) is 85.2 Å². The van der Waals surface area contributed by atoms with Crippen molar-refractivity contribution in [3.63, 3.8) is 0 Å². The number of benzene rings is 2. The average Bonchev–Trinajstić information content (AvgIpc) is 3.50. The second kappa shape index (κ2) is 10.2. The lowest BCUT2D eigenvalue weighted by molar-refractivity contribution is -0.118. The molecule has 188 valence electrons. The standard InChI is InChI=1S/C30H31N5OS/c1-19(2)29(36)32-24-14-13-23(18-21(24)4)35-28(27(33-30(35)37)25-11-5-6-15-31-25)26-12-8-16-34(26)22-10-7-9-20(3)17-22/h5-19,27-28H,1-4H3,(H,32,36)(H,33,37)/t27-,28+/m0/s1. The quantitative estimate of drug-likeness (QED) is 0.300. The van der Waals surface area contributed by atoms with Gasteiger partial charge < -0.3 is 20.1 Å². The van der Waals surface area contributed by atoms with E-state index in [1.54, 1.807) is 0 Å². The molecule has 2 N–H and O–H groups in total. The monoisotopic (exact) mass is 509 g/mol. The van der Waals surface area contributed by atoms with E-state index in [0.29, 0.717) is 5.11 Å². The topological polar surface area (TPSA) is 62.2 Å². The lowest BCUT2D eigenvalue weighted by Gasteiger charge is -2.29. The van der Waals surface area contributed by atoms with Crippen LogP contribution in [0.4, 0.5) is 11.4 Å². The van der Waals surface area contributed by atoms with Crippen LogP contribution in [-0.4, -0.2) is 20.6 Å². The van der Waals surface area contributed by atoms with E-state index in [-0.39, 0.29) is 23.9 Å². The summed E-state index contributed by atoms with van der Waals surface area (Å²) < 4.78 is 2.22. The van der Waals surface area contributed by atoms with Gasteiger partial charge in [-0.05, 0) is 91.8 Å². The number of carbonyl (C=O) groups excluding carboxylic acids is 1. The summed E-state index contributed by atoms with van der Waals surface area (Å²) >= 11 is 5.92. The Labute approximate surface area is 223 Å². The Hall–Kier alpha value is -3.97. The number of pyridine rings is 1. The molecular weight excluding hydrogens is 478 g/mol. The van der Waals surface area contributed by atoms with Gasteiger partial charge in [0.15, 0.2) is 5.11 Å². The lowest BCUT2D eigenvalue weighted by Crippen LogP contribution is -2.30. The highest BCUT2D eigenvalue weighted by Crippen LogP contribution is 2.43. The first-order valence-corrected chi connectivity index (χ1v) is 12.9. The van der Waals surface area contributed by atoms with Gasteiger partial charge in [0.2, 0.25) is 5.91 Å². The molecular formula is C30H31N5OS. The van der Waals surface area contributed by atoms with E-state index >= 15 is 0 Å². The predicted octanol–water partition coefficient (Wildman–Crippen LogP) is 6.26. The van der Waals surface area contributed by atoms with E-state index in [9.17, 15) is 4.79 Å². The van der Waals surface area contributed by atoms with Gasteiger partial charge in [0.1, 0.15) is 6.04 Å². The zero-order valence-electron chi connectivity index (χ0n) is 21.5. The van der Waals surface area contributed by atoms with Crippen molar-refractivity contribution in [3.05, 3.63) is 108 Å². The minimum Gasteiger partial charge on any atom is -0.351 e. The van der Waals surface area contributed by atoms with Crippen LogP contribution in [0.1, 0.15) is 48.4 Å². The van der Waals surface area contributed by atoms with Crippen molar-refractivity contribution < 1.29 is 4.79 Å². The summed E-state index contributed by atoms with van der Waals surface area (Å²) in [6.07, 6.45) is 3.91. The number of hydrogen-bond donors (Lipinski definition) is 2. The van der Waals surface area contributed by atoms with Crippen molar-refractivity contribution in [1.82, 2.24) is 14.9 Å². The summed E-state index contributed by atoms with van der Waals surface area (Å²) in [7, 11) is 0. The fraction of sp³-hybridized carbons (Fsp3) is 0.233. The maximum atomic E-state index is 12.3. The Morgan fingerprint density at radius 1 is 1.00 bits per heavy atom. The third-order valence-corrected chi connectivity index (χ3v) is 7.05. The second-order valence-corrected chi connectivity index (χ2v) is 10.2. The van der Waals surface area contributed by atoms with E-state index in [1.807, 2.05) is 57.3 Å². The van der Waals surface area contributed by atoms with Crippen LogP contribution in [0.2, 0.25) is 0 Å². The van der Waals surface area contributed by atoms with Gasteiger partial charge in [0.25, 0.3) is 0 Å². The Morgan fingerprint density at radius 2 is 1.84 bits per heavy atom. The zero-order valence-corrected chi connectivity index (χ0v) is 22.3. The number of anilines is 2. The molecule has 7 heteroatoms. The molecule has 3 heterocycles. The highest BCUT2D eigenvalue weighted by Gasteiger charge is 2.42. The van der Waals surface area contributed by atoms with Crippen molar-refractivity contribution >= 4 is 34.6 Å². The molecule has 0 spiro atoms. The third-order valence-electron chi connectivity index (χ3n) is 6.73. The predicted molar refractivity (Wildman–Crippen MR) is 153 cm³/mol. The van der Waals surface area contributed by atoms with Crippen LogP contribution in [0.25, 0.3) is 5.69 Å². The van der Waals surface area contributed by atoms with Gasteiger partial charge >= 0.3 is 0 Å². The van der Waals surface area contributed by atoms with Crippen molar-refractivity contribution in [1.29, 1.82) is 0 Å². The Balaban J connectivity index is 1.60. The van der Waals surface area contributed by atoms with Crippen LogP contribution in [-0.2, 0) is 4.79 Å². The lowest BCUT2D eigenvalue weighted by atomic mass is 10.00. The van der Waals surface area contributed by atoms with Crippen LogP contribution in [0.3, 0.4) is 0 Å². The van der Waals surface area contributed by atoms with E-state index in [2.05, 4.69) is 80.7 Å². The smallest absolute Gasteiger partial charge is 0.226 e. The first-order valence-electron chi connectivity index (χ1n) is 12.5. The Kier molecular flexibility index (Phi) is 6.80. The first-order chi connectivity index (χ1) is 17.8. The molecule has 0 unspecified atom stereocenters. The van der Waals surface area contributed by atoms with Crippen molar-refractivity contribution in [2.45, 2.75) is 39.8 Å². The fourth-order valence-electron chi connectivity index (χ4n) is 4.80.